The summed E-state index contributed by atoms with van der Waals surface area (Å²) in [6, 6.07) is 0. The third kappa shape index (κ3) is 4.97. The molecule has 1 amide bonds. The molecule has 1 fully saturated rings. The fraction of sp³-hybridized carbons (Fsp3) is 0.706. The van der Waals surface area contributed by atoms with Crippen molar-refractivity contribution in [2.45, 2.75) is 52.7 Å². The minimum Gasteiger partial charge on any atom is -0.379 e. The first kappa shape index (κ1) is 17.8. The van der Waals surface area contributed by atoms with E-state index in [0.29, 0.717) is 19.5 Å². The van der Waals surface area contributed by atoms with Gasteiger partial charge < -0.3 is 15.3 Å². The monoisotopic (exact) mass is 320 g/mol. The molecule has 0 saturated carbocycles. The highest BCUT2D eigenvalue weighted by molar-refractivity contribution is 5.86. The molecule has 1 aromatic rings. The molecule has 0 bridgehead atoms. The Bertz CT molecular complexity index is 539. The fourth-order valence-electron chi connectivity index (χ4n) is 2.86. The molecule has 1 aliphatic heterocycles. The highest BCUT2D eigenvalue weighted by atomic mass is 16.3. The quantitative estimate of drug-likeness (QED) is 0.854. The second-order valence-electron chi connectivity index (χ2n) is 7.68. The zero-order chi connectivity index (χ0) is 17.1. The van der Waals surface area contributed by atoms with Gasteiger partial charge in [-0.3, -0.25) is 14.8 Å². The lowest BCUT2D eigenvalue weighted by atomic mass is 9.88. The van der Waals surface area contributed by atoms with E-state index in [2.05, 4.69) is 36.1 Å². The Hall–Kier alpha value is -1.53. The van der Waals surface area contributed by atoms with E-state index in [-0.39, 0.29) is 17.9 Å². The number of piperidine rings is 1. The molecule has 0 spiro atoms. The summed E-state index contributed by atoms with van der Waals surface area (Å²) in [5, 5.41) is 13.9. The van der Waals surface area contributed by atoms with Gasteiger partial charge in [0.15, 0.2) is 5.60 Å². The van der Waals surface area contributed by atoms with Gasteiger partial charge in [0.2, 0.25) is 0 Å². The number of carbonyl (C=O) groups excluding carboxylic acids is 1. The number of aryl methyl sites for hydroxylation is 1. The molecule has 2 heterocycles. The van der Waals surface area contributed by atoms with Gasteiger partial charge >= 0.3 is 0 Å². The molecule has 1 atom stereocenters. The molecule has 1 aliphatic rings. The van der Waals surface area contributed by atoms with E-state index < -0.39 is 5.60 Å². The number of hydrogen-bond acceptors (Lipinski definition) is 5. The summed E-state index contributed by atoms with van der Waals surface area (Å²) in [5.41, 5.74) is 0.377. The predicted octanol–water partition coefficient (Wildman–Crippen LogP) is 1.27. The van der Waals surface area contributed by atoms with Gasteiger partial charge in [0.1, 0.15) is 0 Å². The van der Waals surface area contributed by atoms with E-state index in [9.17, 15) is 9.90 Å². The van der Waals surface area contributed by atoms with Gasteiger partial charge in [-0.05, 0) is 25.2 Å². The number of nitrogens with zero attached hydrogens (tertiary/aromatic N) is 3. The first-order valence-corrected chi connectivity index (χ1v) is 8.20. The molecule has 0 aromatic carbocycles. The second-order valence-corrected chi connectivity index (χ2v) is 7.68. The maximum atomic E-state index is 12.6. The number of hydrogen-bond donors (Lipinski definition) is 2. The van der Waals surface area contributed by atoms with Gasteiger partial charge in [-0.2, -0.15) is 0 Å². The molecule has 2 N–H and O–H groups in total. The molecule has 6 heteroatoms. The van der Waals surface area contributed by atoms with Crippen LogP contribution in [0.25, 0.3) is 0 Å². The molecule has 128 valence electrons. The van der Waals surface area contributed by atoms with Crippen molar-refractivity contribution in [3.05, 3.63) is 23.8 Å². The molecular formula is C17H28N4O2. The highest BCUT2D eigenvalue weighted by Crippen LogP contribution is 2.25. The molecule has 0 radical (unpaired) electrons. The summed E-state index contributed by atoms with van der Waals surface area (Å²) >= 11 is 0. The molecule has 0 aliphatic carbocycles. The van der Waals surface area contributed by atoms with Crippen LogP contribution in [-0.4, -0.2) is 51.1 Å². The van der Waals surface area contributed by atoms with Crippen LogP contribution in [-0.2, 0) is 11.3 Å². The molecule has 1 aromatic heterocycles. The first-order valence-electron chi connectivity index (χ1n) is 8.20. The van der Waals surface area contributed by atoms with Crippen LogP contribution in [0.5, 0.6) is 0 Å². The number of aromatic nitrogens is 2. The number of nitrogens with one attached hydrogen (secondary N) is 1. The van der Waals surface area contributed by atoms with Crippen molar-refractivity contribution in [3.63, 3.8) is 0 Å². The van der Waals surface area contributed by atoms with Crippen molar-refractivity contribution in [3.8, 4) is 0 Å². The van der Waals surface area contributed by atoms with Crippen molar-refractivity contribution in [2.75, 3.05) is 19.6 Å². The zero-order valence-corrected chi connectivity index (χ0v) is 14.6. The average molecular weight is 320 g/mol. The number of aliphatic hydroxyl groups is 1. The molecular weight excluding hydrogens is 292 g/mol. The average Bonchev–Trinajstić information content (AvgIpc) is 2.45. The topological polar surface area (TPSA) is 78.4 Å². The Labute approximate surface area is 138 Å². The Morgan fingerprint density at radius 2 is 2.09 bits per heavy atom. The number of likely N-dealkylation sites (tertiary alicyclic amines) is 1. The standard InChI is InChI=1S/C17H28N4O2/c1-13-8-20-14(10-19-13)9-18-11-17(23)6-5-7-21(15(17)22)12-16(2,3)4/h8,10,18,23H,5-7,9,11-12H2,1-4H3/t17-/m0/s1. The van der Waals surface area contributed by atoms with Crippen LogP contribution in [0.15, 0.2) is 12.4 Å². The number of amides is 1. The van der Waals surface area contributed by atoms with Gasteiger partial charge in [0.25, 0.3) is 5.91 Å². The van der Waals surface area contributed by atoms with Gasteiger partial charge in [-0.1, -0.05) is 20.8 Å². The third-order valence-corrected chi connectivity index (χ3v) is 3.93. The number of carbonyl (C=O) groups is 1. The highest BCUT2D eigenvalue weighted by Gasteiger charge is 2.42. The zero-order valence-electron chi connectivity index (χ0n) is 14.6. The minimum absolute atomic E-state index is 0.0266. The summed E-state index contributed by atoms with van der Waals surface area (Å²) in [6.07, 6.45) is 4.74. The smallest absolute Gasteiger partial charge is 0.255 e. The third-order valence-electron chi connectivity index (χ3n) is 3.93. The van der Waals surface area contributed by atoms with Gasteiger partial charge in [0.05, 0.1) is 11.4 Å². The van der Waals surface area contributed by atoms with Crippen LogP contribution < -0.4 is 5.32 Å². The molecule has 2 rings (SSSR count). The molecule has 0 unspecified atom stereocenters. The molecule has 6 nitrogen and oxygen atoms in total. The van der Waals surface area contributed by atoms with E-state index in [1.165, 1.54) is 0 Å². The van der Waals surface area contributed by atoms with Crippen molar-refractivity contribution >= 4 is 5.91 Å². The van der Waals surface area contributed by atoms with Crippen molar-refractivity contribution in [1.82, 2.24) is 20.2 Å². The Kier molecular flexibility index (Phi) is 5.37. The second kappa shape index (κ2) is 6.93. The van der Waals surface area contributed by atoms with Gasteiger partial charge in [-0.25, -0.2) is 0 Å². The predicted molar refractivity (Wildman–Crippen MR) is 88.7 cm³/mol. The molecule has 1 saturated heterocycles. The van der Waals surface area contributed by atoms with Gasteiger partial charge in [0, 0.05) is 38.6 Å². The maximum absolute atomic E-state index is 12.6. The first-order chi connectivity index (χ1) is 10.7. The van der Waals surface area contributed by atoms with Crippen molar-refractivity contribution in [1.29, 1.82) is 0 Å². The van der Waals surface area contributed by atoms with Crippen molar-refractivity contribution < 1.29 is 9.90 Å². The Morgan fingerprint density at radius 3 is 2.70 bits per heavy atom. The fourth-order valence-corrected chi connectivity index (χ4v) is 2.86. The van der Waals surface area contributed by atoms with Crippen LogP contribution in [0.1, 0.15) is 45.0 Å². The lowest BCUT2D eigenvalue weighted by Crippen LogP contribution is -2.59. The van der Waals surface area contributed by atoms with Crippen LogP contribution >= 0.6 is 0 Å². The normalized spacial score (nSPS) is 22.5. The van der Waals surface area contributed by atoms with Gasteiger partial charge in [-0.15, -0.1) is 0 Å². The lowest BCUT2D eigenvalue weighted by molar-refractivity contribution is -0.158. The van der Waals surface area contributed by atoms with Crippen LogP contribution in [0.2, 0.25) is 0 Å². The van der Waals surface area contributed by atoms with E-state index in [0.717, 1.165) is 24.4 Å². The Balaban J connectivity index is 1.92. The van der Waals surface area contributed by atoms with Crippen LogP contribution in [0.3, 0.4) is 0 Å². The Morgan fingerprint density at radius 1 is 1.35 bits per heavy atom. The summed E-state index contributed by atoms with van der Waals surface area (Å²) in [5.74, 6) is -0.166. The van der Waals surface area contributed by atoms with E-state index >= 15 is 0 Å². The number of rotatable bonds is 5. The minimum atomic E-state index is -1.32. The van der Waals surface area contributed by atoms with E-state index in [1.807, 2.05) is 6.92 Å². The summed E-state index contributed by atoms with van der Waals surface area (Å²) in [4.78, 5) is 22.9. The van der Waals surface area contributed by atoms with E-state index in [4.69, 9.17) is 0 Å². The van der Waals surface area contributed by atoms with Crippen LogP contribution in [0, 0.1) is 12.3 Å². The maximum Gasteiger partial charge on any atom is 0.255 e. The van der Waals surface area contributed by atoms with E-state index in [1.54, 1.807) is 17.3 Å². The summed E-state index contributed by atoms with van der Waals surface area (Å²) in [6.45, 7) is 10.3. The molecule has 23 heavy (non-hydrogen) atoms. The largest absolute Gasteiger partial charge is 0.379 e. The summed E-state index contributed by atoms with van der Waals surface area (Å²) < 4.78 is 0. The SMILES string of the molecule is Cc1cnc(CNC[C@@]2(O)CCCN(CC(C)(C)C)C2=O)cn1. The van der Waals surface area contributed by atoms with Crippen LogP contribution in [0.4, 0.5) is 0 Å². The summed E-state index contributed by atoms with van der Waals surface area (Å²) in [7, 11) is 0. The lowest BCUT2D eigenvalue weighted by Gasteiger charge is -2.40. The van der Waals surface area contributed by atoms with Crippen molar-refractivity contribution in [2.24, 2.45) is 5.41 Å².